The van der Waals surface area contributed by atoms with Crippen molar-refractivity contribution in [1.29, 1.82) is 0 Å². The van der Waals surface area contributed by atoms with Crippen LogP contribution in [0.15, 0.2) is 179 Å². The molecule has 2 unspecified atom stereocenters. The molecule has 0 saturated carbocycles. The molecule has 1 aliphatic carbocycles. The van der Waals surface area contributed by atoms with E-state index in [0.29, 0.717) is 12.8 Å². The fourth-order valence-electron chi connectivity index (χ4n) is 6.68. The average Bonchev–Trinajstić information content (AvgIpc) is 3.38. The Morgan fingerprint density at radius 3 is 1.86 bits per heavy atom. The zero-order valence-electron chi connectivity index (χ0n) is 30.4. The predicted molar refractivity (Wildman–Crippen MR) is 225 cm³/mol. The van der Waals surface area contributed by atoms with Crippen molar-refractivity contribution >= 4 is 70.5 Å². The summed E-state index contributed by atoms with van der Waals surface area (Å²) in [5.41, 5.74) is 1.84. The number of rotatable bonds is 10. The maximum atomic E-state index is 16.2. The minimum atomic E-state index is -4.79. The van der Waals surface area contributed by atoms with Crippen LogP contribution < -0.4 is 21.0 Å². The van der Waals surface area contributed by atoms with Gasteiger partial charge in [0.15, 0.2) is 0 Å². The third-order valence-corrected chi connectivity index (χ3v) is 27.1. The molecule has 2 atom stereocenters. The van der Waals surface area contributed by atoms with E-state index in [-0.39, 0.29) is 3.86 Å². The average molecular weight is 890 g/mol. The van der Waals surface area contributed by atoms with Crippen LogP contribution in [0.2, 0.25) is 3.86 Å². The first-order valence-electron chi connectivity index (χ1n) is 17.7. The van der Waals surface area contributed by atoms with E-state index in [1.807, 2.05) is 129 Å². The van der Waals surface area contributed by atoms with E-state index in [9.17, 15) is 0 Å². The molecule has 0 radical (unpaired) electrons. The fourth-order valence-corrected chi connectivity index (χ4v) is 23.2. The van der Waals surface area contributed by atoms with Gasteiger partial charge in [-0.25, -0.2) is 0 Å². The molecule has 4 heteroatoms. The summed E-state index contributed by atoms with van der Waals surface area (Å²) in [5, 5.41) is 4.15. The molecular weight excluding hydrogens is 840 g/mol. The zero-order valence-corrected chi connectivity index (χ0v) is 35.5. The molecule has 0 fully saturated rings. The molecule has 260 valence electrons. The largest absolute Gasteiger partial charge is 0.0683 e. The van der Waals surface area contributed by atoms with Gasteiger partial charge < -0.3 is 0 Å². The molecular formula is C47H50O2Sb2. The molecule has 0 spiro atoms. The third-order valence-electron chi connectivity index (χ3n) is 8.79. The number of hydrogen-bond acceptors (Lipinski definition) is 2. The Morgan fingerprint density at radius 2 is 1.27 bits per heavy atom. The van der Waals surface area contributed by atoms with Gasteiger partial charge in [0.25, 0.3) is 0 Å². The quantitative estimate of drug-likeness (QED) is 0.104. The van der Waals surface area contributed by atoms with Gasteiger partial charge in [0, 0.05) is 0 Å². The van der Waals surface area contributed by atoms with Crippen LogP contribution in [0, 0.1) is 0 Å². The van der Waals surface area contributed by atoms with E-state index in [4.69, 9.17) is 0 Å². The van der Waals surface area contributed by atoms with Gasteiger partial charge in [-0.2, -0.15) is 0 Å². The van der Waals surface area contributed by atoms with Crippen LogP contribution in [0.25, 0.3) is 22.4 Å². The second-order valence-electron chi connectivity index (χ2n) is 11.9. The van der Waals surface area contributed by atoms with Crippen LogP contribution in [-0.4, -0.2) is 37.6 Å². The van der Waals surface area contributed by atoms with Crippen molar-refractivity contribution in [2.24, 2.45) is 0 Å². The number of hydrogen-bond donors (Lipinski definition) is 0. The summed E-state index contributed by atoms with van der Waals surface area (Å²) in [7, 11) is 0. The minimum absolute atomic E-state index is 0.250. The second kappa shape index (κ2) is 19.0. The van der Waals surface area contributed by atoms with Gasteiger partial charge in [-0.05, 0) is 6.92 Å². The Bertz CT molecular complexity index is 2220. The van der Waals surface area contributed by atoms with Gasteiger partial charge in [-0.3, -0.25) is 0 Å². The molecule has 0 aliphatic heterocycles. The molecule has 0 bridgehead atoms. The maximum Gasteiger partial charge on any atom is -0.0683 e. The van der Waals surface area contributed by atoms with E-state index in [2.05, 4.69) is 74.4 Å². The van der Waals surface area contributed by atoms with Crippen LogP contribution in [0.5, 0.6) is 0 Å². The van der Waals surface area contributed by atoms with E-state index < -0.39 is 37.6 Å². The third kappa shape index (κ3) is 8.25. The van der Waals surface area contributed by atoms with Gasteiger partial charge in [0.2, 0.25) is 0 Å². The minimum Gasteiger partial charge on any atom is -0.0683 e. The molecule has 5 aromatic rings. The summed E-state index contributed by atoms with van der Waals surface area (Å²) in [6.45, 7) is 19.4. The van der Waals surface area contributed by atoms with Crippen molar-refractivity contribution in [2.75, 3.05) is 0 Å². The Balaban J connectivity index is 0.00000111. The molecule has 0 N–H and O–H groups in total. The van der Waals surface area contributed by atoms with Crippen molar-refractivity contribution < 1.29 is 6.03 Å². The molecule has 51 heavy (non-hydrogen) atoms. The van der Waals surface area contributed by atoms with Gasteiger partial charge in [-0.1, -0.05) is 19.9 Å². The van der Waals surface area contributed by atoms with Crippen LogP contribution in [0.3, 0.4) is 0 Å². The molecule has 0 amide bonds. The summed E-state index contributed by atoms with van der Waals surface area (Å²) >= 11 is -9.34. The standard InChI is InChI=1S/C21H14.2C6H5.C6H9.C3H6.C3H5.C2H6.2O.2Sb/c1-4-12-18-16(8-1)9-3-6-14-20(18)21-15-7-11-17-10-2-5-13-19(17)21;2*1-2-4-6-5-3-1;1-3-5-6-4-2;2*1-3-2;1-2;;;;/h1-2,4-13H,3H2;2*1-5H;3-5H,1-2,6H2;3H,1H2,2H3;1,3H,2H3;1-2H3;;;;. The first-order valence-corrected chi connectivity index (χ1v) is 27.8. The molecule has 0 saturated heterocycles. The van der Waals surface area contributed by atoms with Crippen LogP contribution in [-0.2, 0) is 6.03 Å². The number of benzene rings is 5. The van der Waals surface area contributed by atoms with Crippen LogP contribution in [0.1, 0.15) is 46.1 Å². The summed E-state index contributed by atoms with van der Waals surface area (Å²) in [6.07, 6.45) is 13.0. The van der Waals surface area contributed by atoms with Crippen LogP contribution in [0.4, 0.5) is 0 Å². The fraction of sp³-hybridized carbons (Fsp3) is 0.149. The summed E-state index contributed by atoms with van der Waals surface area (Å²) in [4.78, 5) is 0. The number of allylic oxidation sites excluding steroid dienone is 6. The van der Waals surface area contributed by atoms with Crippen molar-refractivity contribution in [2.45, 2.75) is 44.4 Å². The van der Waals surface area contributed by atoms with Gasteiger partial charge in [-0.15, -0.1) is 6.58 Å². The normalized spacial score (nSPS) is 14.1. The maximum absolute atomic E-state index is 16.2. The summed E-state index contributed by atoms with van der Waals surface area (Å²) in [5.74, 6) is 0. The Kier molecular flexibility index (Phi) is 14.9. The van der Waals surface area contributed by atoms with Crippen molar-refractivity contribution in [3.8, 4) is 0 Å². The van der Waals surface area contributed by atoms with Crippen molar-refractivity contribution in [3.05, 3.63) is 195 Å². The van der Waals surface area contributed by atoms with Gasteiger partial charge in [0.1, 0.15) is 0 Å². The summed E-state index contributed by atoms with van der Waals surface area (Å²) in [6, 6.07) is 40.7. The zero-order chi connectivity index (χ0) is 36.9. The van der Waals surface area contributed by atoms with E-state index in [1.54, 1.807) is 6.08 Å². The first-order chi connectivity index (χ1) is 24.9. The van der Waals surface area contributed by atoms with Gasteiger partial charge in [0.05, 0.1) is 0 Å². The molecule has 1 aliphatic rings. The monoisotopic (exact) mass is 888 g/mol. The van der Waals surface area contributed by atoms with Crippen molar-refractivity contribution in [1.82, 2.24) is 0 Å². The Morgan fingerprint density at radius 1 is 0.706 bits per heavy atom. The Labute approximate surface area is 313 Å². The Hall–Kier alpha value is -3.96. The topological polar surface area (TPSA) is 34.1 Å². The number of fused-ring (bicyclic) bond motifs is 2. The van der Waals surface area contributed by atoms with E-state index in [0.717, 1.165) is 46.4 Å². The molecule has 6 rings (SSSR count). The molecule has 0 aromatic heterocycles. The SMILES string of the molecule is C=CC.C=CC[CH](C=C)[Sb](=[O])(/[CH]=C/C)[C]1=CCC=c2ccccc2=C1c1[c]([Sb](=[O])([c]2ccccc2)[c]2ccccc2)ccc2ccccc12.CC. The summed E-state index contributed by atoms with van der Waals surface area (Å²) < 4.78 is 37.2. The first kappa shape index (κ1) is 39.8. The molecule has 0 heterocycles. The smallest absolute Gasteiger partial charge is 0.0683 e. The van der Waals surface area contributed by atoms with Crippen molar-refractivity contribution in [3.63, 3.8) is 0 Å². The van der Waals surface area contributed by atoms with E-state index >= 15 is 6.03 Å². The van der Waals surface area contributed by atoms with Gasteiger partial charge >= 0.3 is 283 Å². The van der Waals surface area contributed by atoms with E-state index in [1.165, 1.54) is 0 Å². The predicted octanol–water partition coefficient (Wildman–Crippen LogP) is 8.93. The second-order valence-corrected chi connectivity index (χ2v) is 27.8. The van der Waals surface area contributed by atoms with Crippen LogP contribution >= 0.6 is 0 Å². The molecule has 2 nitrogen and oxygen atoms in total. The molecule has 5 aromatic carbocycles.